The van der Waals surface area contributed by atoms with E-state index in [2.05, 4.69) is 21.3 Å². The number of carbonyl (C=O) groups is 4. The van der Waals surface area contributed by atoms with Crippen LogP contribution in [0.25, 0.3) is 43.1 Å². The number of pyridine rings is 4. The van der Waals surface area contributed by atoms with Crippen molar-refractivity contribution < 1.29 is 38.5 Å². The second-order valence-electron chi connectivity index (χ2n) is 23.6. The van der Waals surface area contributed by atoms with Gasteiger partial charge in [0.15, 0.2) is 0 Å². The van der Waals surface area contributed by atoms with Crippen molar-refractivity contribution in [3.05, 3.63) is 329 Å². The predicted molar refractivity (Wildman–Crippen MR) is 382 cm³/mol. The van der Waals surface area contributed by atoms with Crippen LogP contribution in [0.4, 0.5) is 0 Å². The average molecular weight is 1340 g/mol. The summed E-state index contributed by atoms with van der Waals surface area (Å²) in [5, 5.41) is 15.5. The van der Waals surface area contributed by atoms with Gasteiger partial charge in [-0.25, -0.2) is 0 Å². The van der Waals surface area contributed by atoms with Crippen LogP contribution in [0.2, 0.25) is 0 Å². The Labute approximate surface area is 573 Å². The van der Waals surface area contributed by atoms with Gasteiger partial charge in [-0.15, -0.1) is 18.9 Å². The van der Waals surface area contributed by atoms with Crippen molar-refractivity contribution in [1.29, 1.82) is 0 Å². The maximum Gasteiger partial charge on any atom is 0.291 e. The normalized spacial score (nSPS) is 11.3. The summed E-state index contributed by atoms with van der Waals surface area (Å²) in [6, 6.07) is 71.1. The van der Waals surface area contributed by atoms with Crippen LogP contribution >= 0.6 is 0 Å². The first-order chi connectivity index (χ1) is 48.9. The number of aromatic nitrogens is 4. The number of carbonyl (C=O) groups excluding carboxylic acids is 4. The number of hydrogen-bond donors (Lipinski definition) is 4. The van der Waals surface area contributed by atoms with E-state index in [9.17, 15) is 38.4 Å². The molecule has 100 heavy (non-hydrogen) atoms. The number of nitrogens with one attached hydrogen (secondary N) is 4. The summed E-state index contributed by atoms with van der Waals surface area (Å²) in [4.78, 5) is 142. The molecule has 0 unspecified atom stereocenters. The lowest BCUT2D eigenvalue weighted by atomic mass is 10.1. The zero-order valence-electron chi connectivity index (χ0n) is 54.6. The van der Waals surface area contributed by atoms with E-state index in [1.54, 1.807) is 121 Å². The highest BCUT2D eigenvalue weighted by atomic mass is 16.7. The van der Waals surface area contributed by atoms with E-state index in [1.807, 2.05) is 131 Å². The molecular weight excluding hydrogens is 1270 g/mol. The average Bonchev–Trinajstić information content (AvgIpc) is 0.836. The topological polar surface area (TPSA) is 248 Å². The molecule has 0 fully saturated rings. The predicted octanol–water partition coefficient (Wildman–Crippen LogP) is 7.09. The Morgan fingerprint density at radius 3 is 0.690 bits per heavy atom. The van der Waals surface area contributed by atoms with Gasteiger partial charge in [-0.3, -0.25) is 48.2 Å². The second-order valence-corrected chi connectivity index (χ2v) is 23.6. The van der Waals surface area contributed by atoms with Crippen LogP contribution in [0.3, 0.4) is 0 Å². The summed E-state index contributed by atoms with van der Waals surface area (Å²) < 4.78 is 4.04. The minimum absolute atomic E-state index is 0.00141. The largest absolute Gasteiger partial charge is 0.405 e. The second kappa shape index (κ2) is 32.6. The molecule has 4 amide bonds. The molecule has 0 saturated heterocycles. The molecule has 8 aromatic carbocycles. The summed E-state index contributed by atoms with van der Waals surface area (Å²) >= 11 is 0. The molecule has 22 nitrogen and oxygen atoms in total. The first-order valence-electron chi connectivity index (χ1n) is 32.8. The summed E-state index contributed by atoms with van der Waals surface area (Å²) in [5.74, 6) is -2.36. The highest BCUT2D eigenvalue weighted by Gasteiger charge is 2.24. The Bertz CT molecular complexity index is 4510. The van der Waals surface area contributed by atoms with Gasteiger partial charge in [0.05, 0.1) is 21.5 Å². The molecule has 0 atom stereocenters. The van der Waals surface area contributed by atoms with E-state index < -0.39 is 45.9 Å². The summed E-state index contributed by atoms with van der Waals surface area (Å²) in [6.45, 7) is 1.45. The third-order valence-corrected chi connectivity index (χ3v) is 16.9. The Kier molecular flexibility index (Phi) is 22.0. The summed E-state index contributed by atoms with van der Waals surface area (Å²) in [6.07, 6.45) is 0. The van der Waals surface area contributed by atoms with E-state index in [4.69, 9.17) is 19.4 Å². The van der Waals surface area contributed by atoms with Gasteiger partial charge in [0.1, 0.15) is 49.2 Å². The standard InChI is InChI=1S/C78H72N10O12/c89-71(67-47-59-29-13-17-33-63(59)75(93)85(67)97-51-55-21-5-1-6-22-55)79-37-41-83(42-38-80-72(90)68-48-60-30-14-18-34-64(60)76(94)86(68)98-52-56-23-7-2-8-24-56)45-46-84(43-39-81-73(91)69-49-61-31-15-19-35-65(61)77(95)87(69)99-53-57-25-9-3-10-26-57)44-40-82-74(92)70-50-62-32-16-20-36-66(62)78(96)88(70)100-54-58-27-11-4-12-28-58/h1-36,47-50H,37-46,51-54H2,(H,79,89)(H,80,90)(H,81,91)(H,82,92). The lowest BCUT2D eigenvalue weighted by Crippen LogP contribution is -2.46. The van der Waals surface area contributed by atoms with Crippen LogP contribution in [0.5, 0.6) is 0 Å². The fraction of sp³-hybridized carbons (Fsp3) is 0.179. The molecule has 4 heterocycles. The van der Waals surface area contributed by atoms with Gasteiger partial charge in [-0.2, -0.15) is 0 Å². The fourth-order valence-electron chi connectivity index (χ4n) is 11.6. The van der Waals surface area contributed by atoms with Crippen molar-refractivity contribution in [2.75, 3.05) is 65.4 Å². The maximum absolute atomic E-state index is 14.4. The van der Waals surface area contributed by atoms with Gasteiger partial charge in [-0.05, 0) is 92.3 Å². The van der Waals surface area contributed by atoms with Crippen LogP contribution in [-0.2, 0) is 26.4 Å². The first-order valence-corrected chi connectivity index (χ1v) is 32.8. The van der Waals surface area contributed by atoms with E-state index in [-0.39, 0.29) is 115 Å². The van der Waals surface area contributed by atoms with Crippen molar-refractivity contribution in [2.45, 2.75) is 26.4 Å². The molecule has 4 N–H and O–H groups in total. The van der Waals surface area contributed by atoms with Crippen LogP contribution in [0.15, 0.2) is 262 Å². The van der Waals surface area contributed by atoms with Gasteiger partial charge >= 0.3 is 0 Å². The van der Waals surface area contributed by atoms with Gasteiger partial charge in [-0.1, -0.05) is 194 Å². The van der Waals surface area contributed by atoms with Crippen LogP contribution in [-0.4, -0.2) is 118 Å². The zero-order chi connectivity index (χ0) is 69.2. The molecule has 0 saturated carbocycles. The molecule has 12 aromatic rings. The number of amides is 4. The number of benzene rings is 8. The lowest BCUT2D eigenvalue weighted by molar-refractivity contribution is 0.0703. The highest BCUT2D eigenvalue weighted by molar-refractivity contribution is 5.99. The molecule has 0 aliphatic heterocycles. The van der Waals surface area contributed by atoms with Gasteiger partial charge < -0.3 is 40.6 Å². The van der Waals surface area contributed by atoms with E-state index in [1.165, 1.54) is 0 Å². The Hall–Kier alpha value is -12.4. The number of rotatable bonds is 31. The van der Waals surface area contributed by atoms with Gasteiger partial charge in [0, 0.05) is 65.4 Å². The molecule has 0 aliphatic rings. The molecule has 0 radical (unpaired) electrons. The summed E-state index contributed by atoms with van der Waals surface area (Å²) in [7, 11) is 0. The molecule has 0 aliphatic carbocycles. The minimum atomic E-state index is -0.591. The molecular formula is C78H72N10O12. The Balaban J connectivity index is 0.812. The Morgan fingerprint density at radius 2 is 0.470 bits per heavy atom. The fourth-order valence-corrected chi connectivity index (χ4v) is 11.6. The summed E-state index contributed by atoms with van der Waals surface area (Å²) in [5.41, 5.74) is 0.918. The monoisotopic (exact) mass is 1340 g/mol. The van der Waals surface area contributed by atoms with Crippen molar-refractivity contribution in [1.82, 2.24) is 50.0 Å². The zero-order valence-corrected chi connectivity index (χ0v) is 54.6. The third-order valence-electron chi connectivity index (χ3n) is 16.9. The van der Waals surface area contributed by atoms with Gasteiger partial charge in [0.25, 0.3) is 45.9 Å². The van der Waals surface area contributed by atoms with Crippen LogP contribution in [0, 0.1) is 0 Å². The van der Waals surface area contributed by atoms with Crippen molar-refractivity contribution in [3.63, 3.8) is 0 Å². The van der Waals surface area contributed by atoms with Crippen LogP contribution in [0.1, 0.15) is 64.2 Å². The molecule has 22 heteroatoms. The molecule has 0 spiro atoms. The lowest BCUT2D eigenvalue weighted by Gasteiger charge is -2.28. The third kappa shape index (κ3) is 16.5. The quantitative estimate of drug-likeness (QED) is 0.0339. The number of fused-ring (bicyclic) bond motifs is 4. The van der Waals surface area contributed by atoms with E-state index >= 15 is 0 Å². The van der Waals surface area contributed by atoms with Crippen molar-refractivity contribution in [2.24, 2.45) is 0 Å². The van der Waals surface area contributed by atoms with Crippen molar-refractivity contribution >= 4 is 66.7 Å². The number of nitrogens with zero attached hydrogens (tertiary/aromatic N) is 6. The first kappa shape index (κ1) is 67.6. The van der Waals surface area contributed by atoms with Gasteiger partial charge in [0.2, 0.25) is 0 Å². The molecule has 12 rings (SSSR count). The van der Waals surface area contributed by atoms with E-state index in [0.717, 1.165) is 41.2 Å². The highest BCUT2D eigenvalue weighted by Crippen LogP contribution is 2.18. The van der Waals surface area contributed by atoms with Crippen molar-refractivity contribution in [3.8, 4) is 0 Å². The van der Waals surface area contributed by atoms with E-state index in [0.29, 0.717) is 43.1 Å². The molecule has 506 valence electrons. The maximum atomic E-state index is 14.4. The smallest absolute Gasteiger partial charge is 0.291 e. The Morgan fingerprint density at radius 1 is 0.270 bits per heavy atom. The van der Waals surface area contributed by atoms with Crippen LogP contribution < -0.4 is 62.9 Å². The number of hydrogen-bond acceptors (Lipinski definition) is 14. The molecule has 0 bridgehead atoms. The molecule has 4 aromatic heterocycles. The minimum Gasteiger partial charge on any atom is -0.405 e. The SMILES string of the molecule is O=C(NCCN(CCNC(=O)c1cc2ccccc2c(=O)n1OCc1ccccc1)CCN(CCNC(=O)c1cc2ccccc2c(=O)n1OCc1ccccc1)CCNC(=O)c1cc2ccccc2c(=O)n1OCc1ccccc1)c1cc2ccccc2c(=O)n1OCc1ccccc1.